The summed E-state index contributed by atoms with van der Waals surface area (Å²) in [5.74, 6) is 0. The Hall–Kier alpha value is -7.74. The number of hydrogen-bond donors (Lipinski definition) is 0. The maximum atomic E-state index is 2.56. The lowest BCUT2D eigenvalue weighted by molar-refractivity contribution is 0.759. The van der Waals surface area contributed by atoms with E-state index in [4.69, 9.17) is 0 Å². The fourth-order valence-corrected chi connectivity index (χ4v) is 12.2. The van der Waals surface area contributed by atoms with Crippen molar-refractivity contribution >= 4 is 27.8 Å². The highest BCUT2D eigenvalue weighted by molar-refractivity contribution is 6.08. The van der Waals surface area contributed by atoms with Crippen molar-refractivity contribution in [1.82, 2.24) is 0 Å². The number of benzene rings is 10. The topological polar surface area (TPSA) is 3.24 Å². The molecule has 0 aromatic heterocycles. The molecule has 0 aliphatic heterocycles. The standard InChI is InChI=1S/C62H43N/c1-2-41-36-37-42-20-18-30-51-48-28-13-17-34-55(48)62(59(41)58(42)51)54-33-16-12-27-47(54)50-39-38-46(40-56(50)62)63(45-25-10-5-11-26-45)57-35-19-31-52-49-29-14-15-32-53(49)61(60(52)57,43-21-6-3-7-22-43)44-23-8-4-9-24-44/h3-40H,2H2,1H3. The minimum absolute atomic E-state index is 0.535. The molecule has 1 spiro atoms. The van der Waals surface area contributed by atoms with E-state index in [1.54, 1.807) is 0 Å². The van der Waals surface area contributed by atoms with Crippen LogP contribution in [0.3, 0.4) is 0 Å². The van der Waals surface area contributed by atoms with E-state index in [0.29, 0.717) is 0 Å². The SMILES string of the molecule is CCc1ccc2cccc3c2c1C1(c2ccccc2-c2ccc(N(c4ccccc4)c4cccc5c4C(c4ccccc4)(c4ccccc4)c4ccccc4-5)cc21)c1ccccc1-3. The molecular formula is C62H43N. The lowest BCUT2D eigenvalue weighted by Crippen LogP contribution is -2.33. The van der Waals surface area contributed by atoms with Crippen LogP contribution in [-0.4, -0.2) is 0 Å². The Bertz CT molecular complexity index is 3400. The molecule has 1 nitrogen and oxygen atoms in total. The first kappa shape index (κ1) is 36.0. The third-order valence-corrected chi connectivity index (χ3v) is 14.5. The molecular weight excluding hydrogens is 759 g/mol. The van der Waals surface area contributed by atoms with E-state index in [1.165, 1.54) is 94.2 Å². The molecule has 1 heteroatoms. The summed E-state index contributed by atoms with van der Waals surface area (Å²) in [6.07, 6.45) is 0.939. The van der Waals surface area contributed by atoms with Gasteiger partial charge in [0.15, 0.2) is 0 Å². The number of anilines is 3. The van der Waals surface area contributed by atoms with Crippen LogP contribution in [0.5, 0.6) is 0 Å². The van der Waals surface area contributed by atoms with Gasteiger partial charge in [0.2, 0.25) is 0 Å². The normalized spacial score (nSPS) is 15.6. The molecule has 296 valence electrons. The van der Waals surface area contributed by atoms with Crippen LogP contribution in [0.2, 0.25) is 0 Å². The van der Waals surface area contributed by atoms with Gasteiger partial charge in [0.25, 0.3) is 0 Å². The van der Waals surface area contributed by atoms with Crippen molar-refractivity contribution in [2.45, 2.75) is 24.2 Å². The maximum absolute atomic E-state index is 2.56. The number of para-hydroxylation sites is 1. The van der Waals surface area contributed by atoms with Crippen LogP contribution >= 0.6 is 0 Å². The molecule has 0 amide bonds. The van der Waals surface area contributed by atoms with E-state index in [2.05, 4.69) is 242 Å². The quantitative estimate of drug-likeness (QED) is 0.162. The fraction of sp³-hybridized carbons (Fsp3) is 0.0645. The smallest absolute Gasteiger partial charge is 0.0734 e. The fourth-order valence-electron chi connectivity index (χ4n) is 12.2. The third-order valence-electron chi connectivity index (χ3n) is 14.5. The molecule has 0 bridgehead atoms. The molecule has 0 fully saturated rings. The highest BCUT2D eigenvalue weighted by Crippen LogP contribution is 2.64. The van der Waals surface area contributed by atoms with Crippen LogP contribution in [0.1, 0.15) is 57.0 Å². The molecule has 0 N–H and O–H groups in total. The molecule has 3 aliphatic carbocycles. The Labute approximate surface area is 369 Å². The monoisotopic (exact) mass is 801 g/mol. The Kier molecular flexibility index (Phi) is 7.78. The Morgan fingerprint density at radius 3 is 1.51 bits per heavy atom. The van der Waals surface area contributed by atoms with Crippen LogP contribution in [0, 0.1) is 0 Å². The summed E-state index contributed by atoms with van der Waals surface area (Å²) in [4.78, 5) is 2.55. The van der Waals surface area contributed by atoms with E-state index in [1.807, 2.05) is 0 Å². The molecule has 0 radical (unpaired) electrons. The lowest BCUT2D eigenvalue weighted by Gasteiger charge is -2.42. The first-order valence-corrected chi connectivity index (χ1v) is 22.3. The van der Waals surface area contributed by atoms with Crippen molar-refractivity contribution in [3.63, 3.8) is 0 Å². The second kappa shape index (κ2) is 13.6. The maximum Gasteiger partial charge on any atom is 0.0734 e. The van der Waals surface area contributed by atoms with Gasteiger partial charge in [-0.2, -0.15) is 0 Å². The average Bonchev–Trinajstić information content (AvgIpc) is 3.82. The van der Waals surface area contributed by atoms with Gasteiger partial charge in [0, 0.05) is 16.9 Å². The van der Waals surface area contributed by atoms with Crippen molar-refractivity contribution in [2.24, 2.45) is 0 Å². The van der Waals surface area contributed by atoms with Crippen LogP contribution in [0.15, 0.2) is 231 Å². The third kappa shape index (κ3) is 4.72. The first-order valence-electron chi connectivity index (χ1n) is 22.3. The molecule has 0 saturated carbocycles. The highest BCUT2D eigenvalue weighted by atomic mass is 15.1. The van der Waals surface area contributed by atoms with Crippen molar-refractivity contribution in [3.8, 4) is 33.4 Å². The van der Waals surface area contributed by atoms with Gasteiger partial charge in [-0.15, -0.1) is 0 Å². The van der Waals surface area contributed by atoms with Crippen molar-refractivity contribution in [3.05, 3.63) is 281 Å². The zero-order valence-corrected chi connectivity index (χ0v) is 35.1. The van der Waals surface area contributed by atoms with E-state index in [-0.39, 0.29) is 0 Å². The van der Waals surface area contributed by atoms with Crippen molar-refractivity contribution in [2.75, 3.05) is 4.90 Å². The predicted octanol–water partition coefficient (Wildman–Crippen LogP) is 15.6. The van der Waals surface area contributed by atoms with E-state index < -0.39 is 10.8 Å². The largest absolute Gasteiger partial charge is 0.310 e. The van der Waals surface area contributed by atoms with Gasteiger partial charge >= 0.3 is 0 Å². The molecule has 0 heterocycles. The molecule has 0 saturated heterocycles. The number of hydrogen-bond acceptors (Lipinski definition) is 1. The minimum Gasteiger partial charge on any atom is -0.310 e. The number of aryl methyl sites for hydroxylation is 1. The summed E-state index contributed by atoms with van der Waals surface area (Å²) in [6, 6.07) is 86.8. The molecule has 13 rings (SSSR count). The zero-order valence-electron chi connectivity index (χ0n) is 35.1. The number of fused-ring (bicyclic) bond motifs is 12. The van der Waals surface area contributed by atoms with E-state index >= 15 is 0 Å². The van der Waals surface area contributed by atoms with E-state index in [0.717, 1.165) is 23.5 Å². The van der Waals surface area contributed by atoms with Gasteiger partial charge in [-0.1, -0.05) is 207 Å². The lowest BCUT2D eigenvalue weighted by atomic mass is 9.60. The summed E-state index contributed by atoms with van der Waals surface area (Å²) in [6.45, 7) is 2.32. The van der Waals surface area contributed by atoms with Gasteiger partial charge in [-0.05, 0) is 125 Å². The highest BCUT2D eigenvalue weighted by Gasteiger charge is 2.52. The summed E-state index contributed by atoms with van der Waals surface area (Å²) in [7, 11) is 0. The zero-order chi connectivity index (χ0) is 41.7. The van der Waals surface area contributed by atoms with Crippen LogP contribution < -0.4 is 4.90 Å². The summed E-state index contributed by atoms with van der Waals surface area (Å²) >= 11 is 0. The van der Waals surface area contributed by atoms with Crippen LogP contribution in [0.25, 0.3) is 44.2 Å². The number of rotatable bonds is 6. The second-order valence-electron chi connectivity index (χ2n) is 17.3. The molecule has 1 atom stereocenters. The molecule has 10 aromatic rings. The van der Waals surface area contributed by atoms with E-state index in [9.17, 15) is 0 Å². The molecule has 3 aliphatic rings. The van der Waals surface area contributed by atoms with Crippen molar-refractivity contribution < 1.29 is 0 Å². The van der Waals surface area contributed by atoms with Gasteiger partial charge in [-0.25, -0.2) is 0 Å². The number of nitrogens with zero attached hydrogens (tertiary/aromatic N) is 1. The van der Waals surface area contributed by atoms with Crippen LogP contribution in [0.4, 0.5) is 17.1 Å². The van der Waals surface area contributed by atoms with Gasteiger partial charge < -0.3 is 4.90 Å². The summed E-state index contributed by atoms with van der Waals surface area (Å²) in [5, 5.41) is 2.66. The Balaban J connectivity index is 1.15. The van der Waals surface area contributed by atoms with Gasteiger partial charge in [0.05, 0.1) is 16.5 Å². The van der Waals surface area contributed by atoms with Gasteiger partial charge in [-0.3, -0.25) is 0 Å². The van der Waals surface area contributed by atoms with Gasteiger partial charge in [0.1, 0.15) is 0 Å². The van der Waals surface area contributed by atoms with Crippen LogP contribution in [-0.2, 0) is 17.3 Å². The molecule has 10 aromatic carbocycles. The Morgan fingerprint density at radius 2 is 0.857 bits per heavy atom. The predicted molar refractivity (Wildman–Crippen MR) is 262 cm³/mol. The summed E-state index contributed by atoms with van der Waals surface area (Å²) in [5.41, 5.74) is 22.0. The first-order chi connectivity index (χ1) is 31.2. The molecule has 63 heavy (non-hydrogen) atoms. The average molecular weight is 802 g/mol. The Morgan fingerprint density at radius 1 is 0.349 bits per heavy atom. The summed E-state index contributed by atoms with van der Waals surface area (Å²) < 4.78 is 0. The minimum atomic E-state index is -0.579. The second-order valence-corrected chi connectivity index (χ2v) is 17.3. The molecule has 1 unspecified atom stereocenters. The van der Waals surface area contributed by atoms with Crippen molar-refractivity contribution in [1.29, 1.82) is 0 Å².